The second-order valence-corrected chi connectivity index (χ2v) is 4.60. The highest BCUT2D eigenvalue weighted by molar-refractivity contribution is 5.63. The van der Waals surface area contributed by atoms with Crippen molar-refractivity contribution in [3.05, 3.63) is 15.8 Å². The highest BCUT2D eigenvalue weighted by atomic mass is 16.6. The third-order valence-corrected chi connectivity index (χ3v) is 3.47. The SMILES string of the molecule is CCC1CCCN1c1nc(NN)nc(C)c1[N+](=O)[O-]. The van der Waals surface area contributed by atoms with Crippen molar-refractivity contribution in [2.75, 3.05) is 16.9 Å². The van der Waals surface area contributed by atoms with Crippen LogP contribution in [0.5, 0.6) is 0 Å². The summed E-state index contributed by atoms with van der Waals surface area (Å²) in [5.74, 6) is 5.89. The van der Waals surface area contributed by atoms with Crippen LogP contribution in [0.25, 0.3) is 0 Å². The van der Waals surface area contributed by atoms with Crippen molar-refractivity contribution in [3.8, 4) is 0 Å². The monoisotopic (exact) mass is 266 g/mol. The molecular formula is C11H18N6O2. The Morgan fingerprint density at radius 3 is 2.89 bits per heavy atom. The zero-order valence-corrected chi connectivity index (χ0v) is 11.1. The van der Waals surface area contributed by atoms with E-state index < -0.39 is 4.92 Å². The summed E-state index contributed by atoms with van der Waals surface area (Å²) in [6.45, 7) is 4.45. The molecule has 1 saturated heterocycles. The van der Waals surface area contributed by atoms with Crippen molar-refractivity contribution in [1.82, 2.24) is 9.97 Å². The van der Waals surface area contributed by atoms with Gasteiger partial charge in [-0.2, -0.15) is 4.98 Å². The average molecular weight is 266 g/mol. The molecule has 1 aromatic rings. The van der Waals surface area contributed by atoms with E-state index in [1.165, 1.54) is 0 Å². The molecule has 2 heterocycles. The summed E-state index contributed by atoms with van der Waals surface area (Å²) < 4.78 is 0. The van der Waals surface area contributed by atoms with E-state index in [1.807, 2.05) is 4.90 Å². The van der Waals surface area contributed by atoms with E-state index in [1.54, 1.807) is 6.92 Å². The molecule has 0 spiro atoms. The van der Waals surface area contributed by atoms with Crippen molar-refractivity contribution < 1.29 is 4.92 Å². The Hall–Kier alpha value is -1.96. The molecule has 2 rings (SSSR count). The van der Waals surface area contributed by atoms with E-state index in [4.69, 9.17) is 5.84 Å². The summed E-state index contributed by atoms with van der Waals surface area (Å²) >= 11 is 0. The van der Waals surface area contributed by atoms with Crippen LogP contribution in [0.3, 0.4) is 0 Å². The maximum absolute atomic E-state index is 11.2. The van der Waals surface area contributed by atoms with Crippen molar-refractivity contribution in [2.24, 2.45) is 5.84 Å². The number of anilines is 2. The largest absolute Gasteiger partial charge is 0.348 e. The lowest BCUT2D eigenvalue weighted by atomic mass is 10.1. The van der Waals surface area contributed by atoms with Gasteiger partial charge in [0.1, 0.15) is 5.69 Å². The quantitative estimate of drug-likeness (QED) is 0.481. The molecule has 0 radical (unpaired) electrons. The lowest BCUT2D eigenvalue weighted by Crippen LogP contribution is -2.31. The summed E-state index contributed by atoms with van der Waals surface area (Å²) in [5.41, 5.74) is 2.65. The zero-order valence-electron chi connectivity index (χ0n) is 11.1. The van der Waals surface area contributed by atoms with E-state index >= 15 is 0 Å². The molecular weight excluding hydrogens is 248 g/mol. The lowest BCUT2D eigenvalue weighted by Gasteiger charge is -2.24. The summed E-state index contributed by atoms with van der Waals surface area (Å²) in [6.07, 6.45) is 2.98. The number of nitrogens with zero attached hydrogens (tertiary/aromatic N) is 4. The molecule has 0 amide bonds. The number of nitrogen functional groups attached to an aromatic ring is 1. The predicted molar refractivity (Wildman–Crippen MR) is 71.9 cm³/mol. The van der Waals surface area contributed by atoms with E-state index in [9.17, 15) is 10.1 Å². The molecule has 104 valence electrons. The molecule has 3 N–H and O–H groups in total. The van der Waals surface area contributed by atoms with Crippen LogP contribution in [0.15, 0.2) is 0 Å². The third-order valence-electron chi connectivity index (χ3n) is 3.47. The molecule has 0 bridgehead atoms. The zero-order chi connectivity index (χ0) is 14.0. The molecule has 0 saturated carbocycles. The minimum atomic E-state index is -0.421. The molecule has 8 heteroatoms. The molecule has 19 heavy (non-hydrogen) atoms. The van der Waals surface area contributed by atoms with Gasteiger partial charge in [0.05, 0.1) is 4.92 Å². The molecule has 1 atom stereocenters. The number of nitro groups is 1. The highest BCUT2D eigenvalue weighted by Crippen LogP contribution is 2.35. The van der Waals surface area contributed by atoms with Gasteiger partial charge in [-0.1, -0.05) is 6.92 Å². The van der Waals surface area contributed by atoms with Crippen molar-refractivity contribution in [2.45, 2.75) is 39.2 Å². The number of hydrazine groups is 1. The number of nitrogens with one attached hydrogen (secondary N) is 1. The fourth-order valence-corrected chi connectivity index (χ4v) is 2.57. The van der Waals surface area contributed by atoms with Crippen LogP contribution < -0.4 is 16.2 Å². The highest BCUT2D eigenvalue weighted by Gasteiger charge is 2.32. The number of hydrogen-bond donors (Lipinski definition) is 2. The van der Waals surface area contributed by atoms with Gasteiger partial charge >= 0.3 is 5.69 Å². The fourth-order valence-electron chi connectivity index (χ4n) is 2.57. The Kier molecular flexibility index (Phi) is 3.79. The molecule has 1 aromatic heterocycles. The summed E-state index contributed by atoms with van der Waals surface area (Å²) in [4.78, 5) is 21.0. The Bertz CT molecular complexity index is 492. The van der Waals surface area contributed by atoms with Crippen molar-refractivity contribution in [3.63, 3.8) is 0 Å². The number of aromatic nitrogens is 2. The third kappa shape index (κ3) is 2.43. The van der Waals surface area contributed by atoms with Gasteiger partial charge in [-0.25, -0.2) is 10.8 Å². The molecule has 1 aliphatic rings. The second kappa shape index (κ2) is 5.35. The molecule has 1 fully saturated rings. The second-order valence-electron chi connectivity index (χ2n) is 4.60. The fraction of sp³-hybridized carbons (Fsp3) is 0.636. The molecule has 1 aliphatic heterocycles. The van der Waals surface area contributed by atoms with E-state index in [-0.39, 0.29) is 11.6 Å². The first-order valence-corrected chi connectivity index (χ1v) is 6.34. The molecule has 1 unspecified atom stereocenters. The standard InChI is InChI=1S/C11H18N6O2/c1-3-8-5-4-6-16(8)10-9(17(18)19)7(2)13-11(14-10)15-12/h8H,3-6,12H2,1-2H3,(H,13,14,15). The van der Waals surface area contributed by atoms with E-state index in [0.29, 0.717) is 17.6 Å². The van der Waals surface area contributed by atoms with Gasteiger partial charge in [0, 0.05) is 12.6 Å². The number of hydrogen-bond acceptors (Lipinski definition) is 7. The summed E-state index contributed by atoms with van der Waals surface area (Å²) in [6, 6.07) is 0.290. The van der Waals surface area contributed by atoms with Crippen molar-refractivity contribution in [1.29, 1.82) is 0 Å². The van der Waals surface area contributed by atoms with Gasteiger partial charge in [0.2, 0.25) is 11.8 Å². The topological polar surface area (TPSA) is 110 Å². The van der Waals surface area contributed by atoms with Gasteiger partial charge in [-0.05, 0) is 26.2 Å². The van der Waals surface area contributed by atoms with Gasteiger partial charge in [0.25, 0.3) is 0 Å². The Morgan fingerprint density at radius 2 is 2.32 bits per heavy atom. The average Bonchev–Trinajstić information content (AvgIpc) is 2.85. The van der Waals surface area contributed by atoms with Crippen LogP contribution in [-0.2, 0) is 0 Å². The van der Waals surface area contributed by atoms with Crippen molar-refractivity contribution >= 4 is 17.5 Å². The Balaban J connectivity index is 2.52. The summed E-state index contributed by atoms with van der Waals surface area (Å²) in [7, 11) is 0. The van der Waals surface area contributed by atoms with Gasteiger partial charge < -0.3 is 4.90 Å². The maximum Gasteiger partial charge on any atom is 0.332 e. The molecule has 8 nitrogen and oxygen atoms in total. The van der Waals surface area contributed by atoms with Crippen LogP contribution in [0, 0.1) is 17.0 Å². The molecule has 0 aliphatic carbocycles. The molecule has 0 aromatic carbocycles. The Labute approximate surface area is 111 Å². The first-order valence-electron chi connectivity index (χ1n) is 6.34. The van der Waals surface area contributed by atoms with Crippen LogP contribution in [0.4, 0.5) is 17.5 Å². The van der Waals surface area contributed by atoms with Gasteiger partial charge in [0.15, 0.2) is 0 Å². The van der Waals surface area contributed by atoms with Crippen LogP contribution in [-0.4, -0.2) is 27.5 Å². The summed E-state index contributed by atoms with van der Waals surface area (Å²) in [5, 5.41) is 11.2. The normalized spacial score (nSPS) is 18.7. The minimum absolute atomic E-state index is 0.0284. The van der Waals surface area contributed by atoms with Crippen LogP contribution in [0.2, 0.25) is 0 Å². The first kappa shape index (κ1) is 13.5. The van der Waals surface area contributed by atoms with Gasteiger partial charge in [-0.15, -0.1) is 0 Å². The maximum atomic E-state index is 11.2. The number of rotatable bonds is 4. The number of nitrogens with two attached hydrogens (primary N) is 1. The van der Waals surface area contributed by atoms with Crippen LogP contribution in [0.1, 0.15) is 31.9 Å². The van der Waals surface area contributed by atoms with E-state index in [2.05, 4.69) is 22.3 Å². The Morgan fingerprint density at radius 1 is 1.58 bits per heavy atom. The van der Waals surface area contributed by atoms with Crippen LogP contribution >= 0.6 is 0 Å². The minimum Gasteiger partial charge on any atom is -0.348 e. The van der Waals surface area contributed by atoms with E-state index in [0.717, 1.165) is 25.8 Å². The smallest absolute Gasteiger partial charge is 0.332 e. The number of aryl methyl sites for hydroxylation is 1. The lowest BCUT2D eigenvalue weighted by molar-refractivity contribution is -0.385. The first-order chi connectivity index (χ1) is 9.08. The van der Waals surface area contributed by atoms with Gasteiger partial charge in [-0.3, -0.25) is 15.5 Å². The predicted octanol–water partition coefficient (Wildman–Crippen LogP) is 1.36.